The largest absolute Gasteiger partial charge is 0.465 e. The zero-order chi connectivity index (χ0) is 8.53. The SMILES string of the molecule is C=CC[SiH](CCCCC)O[SiH3]. The van der Waals surface area contributed by atoms with E-state index in [4.69, 9.17) is 4.12 Å². The molecule has 0 N–H and O–H groups in total. The second kappa shape index (κ2) is 8.23. The molecule has 0 radical (unpaired) electrons. The summed E-state index contributed by atoms with van der Waals surface area (Å²) in [4.78, 5) is 0. The third-order valence-electron chi connectivity index (χ3n) is 1.89. The molecule has 0 fully saturated rings. The van der Waals surface area contributed by atoms with Crippen LogP contribution >= 0.6 is 0 Å². The van der Waals surface area contributed by atoms with Crippen LogP contribution in [0.25, 0.3) is 0 Å². The summed E-state index contributed by atoms with van der Waals surface area (Å²) in [5.41, 5.74) is 0. The predicted molar refractivity (Wildman–Crippen MR) is 57.5 cm³/mol. The maximum absolute atomic E-state index is 5.54. The van der Waals surface area contributed by atoms with Gasteiger partial charge in [-0.2, -0.15) is 0 Å². The van der Waals surface area contributed by atoms with Gasteiger partial charge in [0.2, 0.25) is 0 Å². The average molecular weight is 188 g/mol. The van der Waals surface area contributed by atoms with Gasteiger partial charge in [-0.05, 0) is 12.1 Å². The molecular weight excluding hydrogens is 168 g/mol. The fourth-order valence-electron chi connectivity index (χ4n) is 1.14. The lowest BCUT2D eigenvalue weighted by molar-refractivity contribution is 0.616. The summed E-state index contributed by atoms with van der Waals surface area (Å²) in [6, 6.07) is 2.51. The highest BCUT2D eigenvalue weighted by Crippen LogP contribution is 2.07. The molecule has 0 aliphatic carbocycles. The maximum Gasteiger partial charge on any atom is 0.166 e. The van der Waals surface area contributed by atoms with Crippen molar-refractivity contribution in [1.82, 2.24) is 0 Å². The summed E-state index contributed by atoms with van der Waals surface area (Å²) < 4.78 is 5.54. The Kier molecular flexibility index (Phi) is 8.33. The molecule has 0 rings (SSSR count). The van der Waals surface area contributed by atoms with Crippen molar-refractivity contribution in [1.29, 1.82) is 0 Å². The zero-order valence-corrected chi connectivity index (χ0v) is 11.0. The van der Waals surface area contributed by atoms with Gasteiger partial charge in [-0.15, -0.1) is 6.58 Å². The van der Waals surface area contributed by atoms with Crippen LogP contribution in [0.2, 0.25) is 12.1 Å². The van der Waals surface area contributed by atoms with Crippen LogP contribution in [0.5, 0.6) is 0 Å². The van der Waals surface area contributed by atoms with Crippen LogP contribution < -0.4 is 0 Å². The van der Waals surface area contributed by atoms with E-state index in [-0.39, 0.29) is 0 Å². The molecule has 0 bridgehead atoms. The summed E-state index contributed by atoms with van der Waals surface area (Å²) in [5, 5.41) is 0. The molecule has 1 atom stereocenters. The molecule has 0 saturated heterocycles. The van der Waals surface area contributed by atoms with Gasteiger partial charge in [0, 0.05) is 0 Å². The molecule has 1 unspecified atom stereocenters. The molecule has 11 heavy (non-hydrogen) atoms. The van der Waals surface area contributed by atoms with Gasteiger partial charge in [0.15, 0.2) is 9.04 Å². The highest BCUT2D eigenvalue weighted by molar-refractivity contribution is 6.56. The van der Waals surface area contributed by atoms with Crippen molar-refractivity contribution in [2.24, 2.45) is 0 Å². The van der Waals surface area contributed by atoms with Crippen molar-refractivity contribution >= 4 is 19.5 Å². The Bertz CT molecular complexity index is 96.1. The second-order valence-electron chi connectivity index (χ2n) is 2.88. The normalized spacial score (nSPS) is 13.2. The van der Waals surface area contributed by atoms with Crippen LogP contribution in [0.1, 0.15) is 26.2 Å². The quantitative estimate of drug-likeness (QED) is 0.333. The summed E-state index contributed by atoms with van der Waals surface area (Å²) >= 11 is 0. The molecule has 0 heterocycles. The first-order valence-electron chi connectivity index (χ1n) is 4.48. The Morgan fingerprint density at radius 1 is 1.55 bits per heavy atom. The first-order chi connectivity index (χ1) is 5.35. The fraction of sp³-hybridized carbons (Fsp3) is 0.750. The predicted octanol–water partition coefficient (Wildman–Crippen LogP) is 1.38. The zero-order valence-electron chi connectivity index (χ0n) is 7.81. The van der Waals surface area contributed by atoms with Crippen molar-refractivity contribution in [3.63, 3.8) is 0 Å². The summed E-state index contributed by atoms with van der Waals surface area (Å²) in [6.45, 7) is 5.99. The summed E-state index contributed by atoms with van der Waals surface area (Å²) in [7, 11) is 0.118. The topological polar surface area (TPSA) is 9.23 Å². The Morgan fingerprint density at radius 3 is 2.73 bits per heavy atom. The molecule has 1 nitrogen and oxygen atoms in total. The second-order valence-corrected chi connectivity index (χ2v) is 7.06. The Morgan fingerprint density at radius 2 is 2.27 bits per heavy atom. The monoisotopic (exact) mass is 188 g/mol. The molecule has 66 valence electrons. The van der Waals surface area contributed by atoms with Gasteiger partial charge in [0.1, 0.15) is 10.5 Å². The molecular formula is C8H20OSi2. The van der Waals surface area contributed by atoms with Crippen molar-refractivity contribution in [3.05, 3.63) is 12.7 Å². The van der Waals surface area contributed by atoms with Gasteiger partial charge in [-0.25, -0.2) is 0 Å². The minimum Gasteiger partial charge on any atom is -0.465 e. The summed E-state index contributed by atoms with van der Waals surface area (Å²) in [5.74, 6) is 0. The van der Waals surface area contributed by atoms with Crippen LogP contribution in [0.4, 0.5) is 0 Å². The fourth-order valence-corrected chi connectivity index (χ4v) is 4.20. The van der Waals surface area contributed by atoms with E-state index in [9.17, 15) is 0 Å². The van der Waals surface area contributed by atoms with E-state index in [1.54, 1.807) is 0 Å². The van der Waals surface area contributed by atoms with Crippen LogP contribution in [0.3, 0.4) is 0 Å². The number of allylic oxidation sites excluding steroid dienone is 1. The van der Waals surface area contributed by atoms with E-state index in [1.807, 2.05) is 6.08 Å². The highest BCUT2D eigenvalue weighted by Gasteiger charge is 2.05. The van der Waals surface area contributed by atoms with Crippen molar-refractivity contribution in [2.45, 2.75) is 38.3 Å². The highest BCUT2D eigenvalue weighted by atomic mass is 28.3. The molecule has 0 aliphatic rings. The van der Waals surface area contributed by atoms with Crippen LogP contribution in [0, 0.1) is 0 Å². The van der Waals surface area contributed by atoms with Gasteiger partial charge in [0.05, 0.1) is 0 Å². The molecule has 0 aliphatic heterocycles. The lowest BCUT2D eigenvalue weighted by atomic mass is 10.3. The van der Waals surface area contributed by atoms with E-state index in [1.165, 1.54) is 25.3 Å². The number of unbranched alkanes of at least 4 members (excludes halogenated alkanes) is 2. The van der Waals surface area contributed by atoms with E-state index >= 15 is 0 Å². The van der Waals surface area contributed by atoms with E-state index in [0.717, 1.165) is 16.5 Å². The minimum absolute atomic E-state index is 0.801. The first-order valence-corrected chi connectivity index (χ1v) is 7.40. The summed E-state index contributed by atoms with van der Waals surface area (Å²) in [6.07, 6.45) is 6.06. The standard InChI is InChI=1S/C8H20OSi2/c1-3-5-6-8-11(9-10)7-4-2/h4,11H,2-3,5-8H2,1,10H3. The average Bonchev–Trinajstić information content (AvgIpc) is 2.03. The number of hydrogen-bond donors (Lipinski definition) is 0. The van der Waals surface area contributed by atoms with Gasteiger partial charge >= 0.3 is 0 Å². The Balaban J connectivity index is 3.27. The molecule has 3 heteroatoms. The van der Waals surface area contributed by atoms with E-state index in [0.29, 0.717) is 0 Å². The van der Waals surface area contributed by atoms with Crippen LogP contribution in [-0.2, 0) is 4.12 Å². The smallest absolute Gasteiger partial charge is 0.166 e. The third-order valence-corrected chi connectivity index (χ3v) is 6.47. The number of hydrogen-bond acceptors (Lipinski definition) is 1. The molecule has 0 aromatic heterocycles. The maximum atomic E-state index is 5.54. The lowest BCUT2D eigenvalue weighted by Crippen LogP contribution is -2.14. The molecule has 0 aromatic rings. The molecule has 0 saturated carbocycles. The minimum atomic E-state index is -0.801. The van der Waals surface area contributed by atoms with Gasteiger partial charge in [-0.1, -0.05) is 32.3 Å². The van der Waals surface area contributed by atoms with Crippen molar-refractivity contribution < 1.29 is 4.12 Å². The lowest BCUT2D eigenvalue weighted by Gasteiger charge is -2.10. The van der Waals surface area contributed by atoms with Crippen LogP contribution in [0.15, 0.2) is 12.7 Å². The molecule has 0 aromatic carbocycles. The Labute approximate surface area is 75.1 Å². The van der Waals surface area contributed by atoms with Crippen LogP contribution in [-0.4, -0.2) is 19.5 Å². The van der Waals surface area contributed by atoms with Gasteiger partial charge < -0.3 is 4.12 Å². The van der Waals surface area contributed by atoms with E-state index in [2.05, 4.69) is 13.5 Å². The van der Waals surface area contributed by atoms with Gasteiger partial charge in [0.25, 0.3) is 0 Å². The number of rotatable bonds is 7. The third kappa shape index (κ3) is 6.53. The first kappa shape index (κ1) is 11.1. The molecule has 0 amide bonds. The van der Waals surface area contributed by atoms with Crippen molar-refractivity contribution in [3.8, 4) is 0 Å². The van der Waals surface area contributed by atoms with E-state index < -0.39 is 9.04 Å². The van der Waals surface area contributed by atoms with Gasteiger partial charge in [-0.3, -0.25) is 0 Å². The Hall–Kier alpha value is 0.134. The van der Waals surface area contributed by atoms with Crippen molar-refractivity contribution in [2.75, 3.05) is 0 Å². The molecule has 0 spiro atoms.